The van der Waals surface area contributed by atoms with Gasteiger partial charge in [0.05, 0.1) is 5.69 Å². The molecule has 0 radical (unpaired) electrons. The highest BCUT2D eigenvalue weighted by Gasteiger charge is 1.88. The van der Waals surface area contributed by atoms with Crippen LogP contribution < -0.4 is 5.30 Å². The minimum atomic E-state index is 0.613. The van der Waals surface area contributed by atoms with Crippen molar-refractivity contribution in [1.82, 2.24) is 0 Å². The highest BCUT2D eigenvalue weighted by Crippen LogP contribution is 2.09. The van der Waals surface area contributed by atoms with E-state index in [1.807, 2.05) is 12.1 Å². The number of rotatable bonds is 2. The maximum atomic E-state index is 9.81. The molecule has 0 N–H and O–H groups in total. The molecule has 11 heavy (non-hydrogen) atoms. The van der Waals surface area contributed by atoms with E-state index >= 15 is 0 Å². The lowest BCUT2D eigenvalue weighted by Crippen LogP contribution is -1.86. The Morgan fingerprint density at radius 2 is 2.00 bits per heavy atom. The Morgan fingerprint density at radius 1 is 1.36 bits per heavy atom. The van der Waals surface area contributed by atoms with Gasteiger partial charge in [0.25, 0.3) is 0 Å². The first kappa shape index (κ1) is 8.22. The Kier molecular flexibility index (Phi) is 3.06. The van der Waals surface area contributed by atoms with Gasteiger partial charge in [0.1, 0.15) is 0 Å². The van der Waals surface area contributed by atoms with Crippen molar-refractivity contribution in [3.63, 3.8) is 0 Å². The fourth-order valence-electron chi connectivity index (χ4n) is 0.641. The Bertz CT molecular complexity index is 303. The fourth-order valence-corrected chi connectivity index (χ4v) is 1.28. The normalized spacial score (nSPS) is 9.09. The summed E-state index contributed by atoms with van der Waals surface area (Å²) in [6, 6.07) is 7.15. The first-order valence-electron chi connectivity index (χ1n) is 2.88. The van der Waals surface area contributed by atoms with Crippen molar-refractivity contribution >= 4 is 36.2 Å². The molecule has 0 aromatic heterocycles. The summed E-state index contributed by atoms with van der Waals surface area (Å²) >= 11 is 4.79. The van der Waals surface area contributed by atoms with E-state index in [1.165, 1.54) is 6.08 Å². The molecule has 0 unspecified atom stereocenters. The highest BCUT2D eigenvalue weighted by atomic mass is 32.4. The van der Waals surface area contributed by atoms with Gasteiger partial charge in [0, 0.05) is 12.7 Å². The van der Waals surface area contributed by atoms with E-state index in [0.29, 0.717) is 5.69 Å². The third-order valence-electron chi connectivity index (χ3n) is 1.13. The summed E-state index contributed by atoms with van der Waals surface area (Å²) in [7, 11) is 0.805. The number of nitrogens with zero attached hydrogens (tertiary/aromatic N) is 1. The van der Waals surface area contributed by atoms with Crippen molar-refractivity contribution in [3.8, 4) is 0 Å². The second-order valence-electron chi connectivity index (χ2n) is 1.81. The van der Waals surface area contributed by atoms with Crippen LogP contribution in [0.15, 0.2) is 29.3 Å². The maximum Gasteiger partial charge on any atom is 0.240 e. The average Bonchev–Trinajstić information content (AvgIpc) is 2.07. The molecular weight excluding hydrogens is 177 g/mol. The maximum absolute atomic E-state index is 9.81. The van der Waals surface area contributed by atoms with Crippen molar-refractivity contribution in [1.29, 1.82) is 0 Å². The molecule has 0 heterocycles. The lowest BCUT2D eigenvalue weighted by atomic mass is 10.3. The van der Waals surface area contributed by atoms with Crippen LogP contribution in [0.25, 0.3) is 0 Å². The second-order valence-corrected chi connectivity index (χ2v) is 3.06. The van der Waals surface area contributed by atoms with Crippen LogP contribution in [0.3, 0.4) is 0 Å². The molecule has 0 aliphatic heterocycles. The van der Waals surface area contributed by atoms with Crippen LogP contribution in [-0.4, -0.2) is 6.08 Å². The molecule has 0 amide bonds. The zero-order chi connectivity index (χ0) is 8.10. The van der Waals surface area contributed by atoms with Crippen LogP contribution in [0.4, 0.5) is 5.69 Å². The monoisotopic (exact) mass is 181 g/mol. The number of isocyanates is 1. The molecule has 0 bridgehead atoms. The Balaban J connectivity index is 2.99. The molecule has 0 atom stereocenters. The molecule has 1 aromatic carbocycles. The molecule has 0 spiro atoms. The Hall–Kier alpha value is -0.880. The van der Waals surface area contributed by atoms with Crippen molar-refractivity contribution < 1.29 is 4.79 Å². The summed E-state index contributed by atoms with van der Waals surface area (Å²) in [5, 5.41) is 1.03. The number of benzene rings is 1. The van der Waals surface area contributed by atoms with E-state index < -0.39 is 0 Å². The lowest BCUT2D eigenvalue weighted by Gasteiger charge is -1.89. The lowest BCUT2D eigenvalue weighted by molar-refractivity contribution is 0.565. The van der Waals surface area contributed by atoms with Crippen LogP contribution >= 0.6 is 7.36 Å². The molecule has 1 rings (SSSR count). The Morgan fingerprint density at radius 3 is 2.45 bits per heavy atom. The zero-order valence-electron chi connectivity index (χ0n) is 5.52. The average molecular weight is 181 g/mol. The first-order chi connectivity index (χ1) is 5.36. The SMILES string of the molecule is O=C=Nc1ccc(P=S)cc1. The van der Waals surface area contributed by atoms with Gasteiger partial charge in [-0.2, -0.15) is 4.99 Å². The zero-order valence-corrected chi connectivity index (χ0v) is 7.23. The van der Waals surface area contributed by atoms with Crippen LogP contribution in [-0.2, 0) is 16.6 Å². The molecule has 0 aliphatic carbocycles. The van der Waals surface area contributed by atoms with Gasteiger partial charge in [-0.05, 0) is 24.3 Å². The van der Waals surface area contributed by atoms with Crippen molar-refractivity contribution in [2.45, 2.75) is 0 Å². The molecule has 0 fully saturated rings. The van der Waals surface area contributed by atoms with Gasteiger partial charge >= 0.3 is 0 Å². The first-order valence-corrected chi connectivity index (χ1v) is 4.79. The predicted octanol–water partition coefficient (Wildman–Crippen LogP) is 1.69. The van der Waals surface area contributed by atoms with E-state index in [4.69, 9.17) is 11.8 Å². The van der Waals surface area contributed by atoms with Gasteiger partial charge < -0.3 is 0 Å². The smallest absolute Gasteiger partial charge is 0.211 e. The van der Waals surface area contributed by atoms with Gasteiger partial charge in [0.2, 0.25) is 6.08 Å². The molecule has 0 saturated heterocycles. The quantitative estimate of drug-likeness (QED) is 0.394. The molecule has 0 aliphatic rings. The minimum Gasteiger partial charge on any atom is -0.211 e. The molecule has 0 saturated carbocycles. The standard InChI is InChI=1S/C7H4NOPS/c9-5-8-6-1-3-7(10-11)4-2-6/h1-4H. The third kappa shape index (κ3) is 2.32. The fraction of sp³-hybridized carbons (Fsp3) is 0. The molecule has 54 valence electrons. The predicted molar refractivity (Wildman–Crippen MR) is 48.1 cm³/mol. The van der Waals surface area contributed by atoms with Crippen LogP contribution in [0.5, 0.6) is 0 Å². The number of aliphatic imine (C=N–C) groups is 1. The second kappa shape index (κ2) is 4.09. The summed E-state index contributed by atoms with van der Waals surface area (Å²) < 4.78 is 0. The molecule has 2 nitrogen and oxygen atoms in total. The molecule has 1 aromatic rings. The third-order valence-corrected chi connectivity index (χ3v) is 2.27. The van der Waals surface area contributed by atoms with Crippen molar-refractivity contribution in [2.75, 3.05) is 0 Å². The van der Waals surface area contributed by atoms with E-state index in [0.717, 1.165) is 12.7 Å². The summed E-state index contributed by atoms with van der Waals surface area (Å²) in [6.45, 7) is 0. The van der Waals surface area contributed by atoms with E-state index in [1.54, 1.807) is 12.1 Å². The molecule has 4 heteroatoms. The van der Waals surface area contributed by atoms with Gasteiger partial charge in [-0.3, -0.25) is 0 Å². The number of hydrogen-bond acceptors (Lipinski definition) is 3. The van der Waals surface area contributed by atoms with Gasteiger partial charge in [0.15, 0.2) is 0 Å². The number of hydrogen-bond donors (Lipinski definition) is 0. The van der Waals surface area contributed by atoms with Crippen LogP contribution in [0, 0.1) is 0 Å². The van der Waals surface area contributed by atoms with Crippen molar-refractivity contribution in [2.24, 2.45) is 4.99 Å². The van der Waals surface area contributed by atoms with E-state index in [-0.39, 0.29) is 0 Å². The van der Waals surface area contributed by atoms with Crippen molar-refractivity contribution in [3.05, 3.63) is 24.3 Å². The van der Waals surface area contributed by atoms with Gasteiger partial charge in [-0.15, -0.1) is 0 Å². The summed E-state index contributed by atoms with van der Waals surface area (Å²) in [4.78, 5) is 13.3. The summed E-state index contributed by atoms with van der Waals surface area (Å²) in [6.07, 6.45) is 1.47. The Labute approximate surface area is 70.8 Å². The van der Waals surface area contributed by atoms with Gasteiger partial charge in [-0.1, -0.05) is 11.8 Å². The summed E-state index contributed by atoms with van der Waals surface area (Å²) in [5.41, 5.74) is 0.613. The summed E-state index contributed by atoms with van der Waals surface area (Å²) in [5.74, 6) is 0. The largest absolute Gasteiger partial charge is 0.240 e. The number of carbonyl (C=O) groups excluding carboxylic acids is 1. The van der Waals surface area contributed by atoms with Crippen LogP contribution in [0.1, 0.15) is 0 Å². The van der Waals surface area contributed by atoms with Gasteiger partial charge in [-0.25, -0.2) is 4.79 Å². The van der Waals surface area contributed by atoms with Crippen LogP contribution in [0.2, 0.25) is 0 Å². The highest BCUT2D eigenvalue weighted by molar-refractivity contribution is 7.99. The molecular formula is C7H4NOPS. The minimum absolute atomic E-state index is 0.613. The van der Waals surface area contributed by atoms with E-state index in [2.05, 4.69) is 4.99 Å². The van der Waals surface area contributed by atoms with E-state index in [9.17, 15) is 4.79 Å². The topological polar surface area (TPSA) is 29.4 Å².